The van der Waals surface area contributed by atoms with Crippen LogP contribution in [0, 0.1) is 5.82 Å². The van der Waals surface area contributed by atoms with Crippen molar-refractivity contribution in [1.82, 2.24) is 5.32 Å². The zero-order valence-corrected chi connectivity index (χ0v) is 18.9. The van der Waals surface area contributed by atoms with Gasteiger partial charge in [-0.3, -0.25) is 9.59 Å². The van der Waals surface area contributed by atoms with Crippen LogP contribution in [0.3, 0.4) is 0 Å². The van der Waals surface area contributed by atoms with Gasteiger partial charge in [-0.1, -0.05) is 51.8 Å². The molecule has 0 saturated heterocycles. The van der Waals surface area contributed by atoms with Crippen molar-refractivity contribution < 1.29 is 19.1 Å². The molecule has 5 rings (SSSR count). The van der Waals surface area contributed by atoms with Crippen LogP contribution in [0.2, 0.25) is 5.02 Å². The third kappa shape index (κ3) is 3.50. The summed E-state index contributed by atoms with van der Waals surface area (Å²) in [5, 5.41) is 16.4. The van der Waals surface area contributed by atoms with Gasteiger partial charge < -0.3 is 15.7 Å². The van der Waals surface area contributed by atoms with E-state index < -0.39 is 23.9 Å². The second kappa shape index (κ2) is 7.99. The Kier molecular flexibility index (Phi) is 5.28. The molecule has 0 aromatic heterocycles. The molecule has 2 aliphatic rings. The summed E-state index contributed by atoms with van der Waals surface area (Å²) < 4.78 is 14.6. The molecule has 3 N–H and O–H groups in total. The van der Waals surface area contributed by atoms with Crippen LogP contribution in [-0.2, 0) is 4.79 Å². The number of hydrogen-bond acceptors (Lipinski definition) is 3. The summed E-state index contributed by atoms with van der Waals surface area (Å²) in [4.78, 5) is 25.9. The summed E-state index contributed by atoms with van der Waals surface area (Å²) in [5.74, 6) is -1.65. The summed E-state index contributed by atoms with van der Waals surface area (Å²) in [7, 11) is 0. The minimum Gasteiger partial charge on any atom is -0.388 e. The van der Waals surface area contributed by atoms with Gasteiger partial charge in [-0.15, -0.1) is 0 Å². The van der Waals surface area contributed by atoms with Crippen LogP contribution in [-0.4, -0.2) is 16.9 Å². The first-order valence-electron chi connectivity index (χ1n) is 10.0. The highest BCUT2D eigenvalue weighted by Gasteiger charge is 2.37. The Balaban J connectivity index is 1.55. The van der Waals surface area contributed by atoms with Crippen molar-refractivity contribution in [3.05, 3.63) is 97.7 Å². The van der Waals surface area contributed by atoms with E-state index in [1.807, 2.05) is 24.3 Å². The number of amides is 2. The van der Waals surface area contributed by atoms with Gasteiger partial charge in [0, 0.05) is 31.9 Å². The lowest BCUT2D eigenvalue weighted by atomic mass is 9.95. The van der Waals surface area contributed by atoms with Crippen molar-refractivity contribution >= 4 is 45.0 Å². The zero-order valence-electron chi connectivity index (χ0n) is 16.5. The number of rotatable bonds is 3. The second-order valence-electron chi connectivity index (χ2n) is 7.91. The third-order valence-electron chi connectivity index (χ3n) is 5.99. The van der Waals surface area contributed by atoms with Gasteiger partial charge in [0.25, 0.3) is 5.91 Å². The maximum Gasteiger partial charge on any atom is 0.252 e. The van der Waals surface area contributed by atoms with Crippen molar-refractivity contribution in [3.8, 4) is 0 Å². The Hall–Kier alpha value is -2.74. The van der Waals surface area contributed by atoms with Gasteiger partial charge in [-0.2, -0.15) is 0 Å². The number of hydrogen-bond donors (Lipinski definition) is 3. The van der Waals surface area contributed by atoms with Gasteiger partial charge in [-0.25, -0.2) is 4.39 Å². The molecule has 5 nitrogen and oxygen atoms in total. The maximum absolute atomic E-state index is 14.0. The third-order valence-corrected chi connectivity index (χ3v) is 6.79. The molecule has 0 spiro atoms. The lowest BCUT2D eigenvalue weighted by Gasteiger charge is -2.19. The van der Waals surface area contributed by atoms with E-state index in [1.165, 1.54) is 18.2 Å². The van der Waals surface area contributed by atoms with E-state index in [-0.39, 0.29) is 18.2 Å². The van der Waals surface area contributed by atoms with Crippen LogP contribution in [0.25, 0.3) is 0 Å². The number of nitrogens with one attached hydrogen (secondary N) is 2. The average Bonchev–Trinajstić information content (AvgIpc) is 3.27. The average molecular weight is 516 g/mol. The Morgan fingerprint density at radius 1 is 1.12 bits per heavy atom. The molecule has 3 aromatic carbocycles. The molecule has 1 unspecified atom stereocenters. The van der Waals surface area contributed by atoms with Crippen molar-refractivity contribution in [2.45, 2.75) is 24.5 Å². The largest absolute Gasteiger partial charge is 0.388 e. The zero-order chi connectivity index (χ0) is 22.6. The standard InChI is InChI=1S/C24H17BrClFN2O3/c25-11-7-17-21(22(29-24(17)32)16-9-12(27)5-6-18(16)26)19(8-11)28-23(31)15-10-20(30)14-4-2-1-3-13(14)15/h1-9,15,20,22,30H,10H2,(H,28,31)(H,29,32)/t15-,20-,22?/m0/s1. The van der Waals surface area contributed by atoms with Crippen LogP contribution in [0.1, 0.15) is 57.1 Å². The van der Waals surface area contributed by atoms with E-state index in [1.54, 1.807) is 12.1 Å². The van der Waals surface area contributed by atoms with Crippen molar-refractivity contribution in [3.63, 3.8) is 0 Å². The SMILES string of the molecule is O=C1NC(c2cc(F)ccc2Cl)c2c(NC(=O)[C@H]3C[C@H](O)c4ccccc43)cc(Br)cc21. The number of carbonyl (C=O) groups is 2. The van der Waals surface area contributed by atoms with E-state index in [2.05, 4.69) is 26.6 Å². The molecule has 1 heterocycles. The monoisotopic (exact) mass is 514 g/mol. The normalized spacial score (nSPS) is 21.1. The van der Waals surface area contributed by atoms with E-state index in [9.17, 15) is 19.1 Å². The molecule has 1 aliphatic heterocycles. The molecule has 162 valence electrons. The molecule has 1 aliphatic carbocycles. The van der Waals surface area contributed by atoms with Crippen LogP contribution >= 0.6 is 27.5 Å². The van der Waals surface area contributed by atoms with E-state index >= 15 is 0 Å². The van der Waals surface area contributed by atoms with E-state index in [4.69, 9.17) is 11.6 Å². The predicted molar refractivity (Wildman–Crippen MR) is 122 cm³/mol. The van der Waals surface area contributed by atoms with Crippen molar-refractivity contribution in [2.24, 2.45) is 0 Å². The Morgan fingerprint density at radius 3 is 2.66 bits per heavy atom. The molecule has 0 radical (unpaired) electrons. The number of halogens is 3. The van der Waals surface area contributed by atoms with E-state index in [0.717, 1.165) is 11.1 Å². The fourth-order valence-electron chi connectivity index (χ4n) is 4.55. The molecule has 0 saturated carbocycles. The first-order chi connectivity index (χ1) is 15.3. The molecule has 32 heavy (non-hydrogen) atoms. The first kappa shape index (κ1) is 21.1. The van der Waals surface area contributed by atoms with E-state index in [0.29, 0.717) is 31.9 Å². The Morgan fingerprint density at radius 2 is 1.88 bits per heavy atom. The molecule has 0 bridgehead atoms. The lowest BCUT2D eigenvalue weighted by molar-refractivity contribution is -0.117. The highest BCUT2D eigenvalue weighted by molar-refractivity contribution is 9.10. The van der Waals surface area contributed by atoms with Gasteiger partial charge >= 0.3 is 0 Å². The van der Waals surface area contributed by atoms with Crippen molar-refractivity contribution in [1.29, 1.82) is 0 Å². The molecular formula is C24H17BrClFN2O3. The number of carbonyl (C=O) groups excluding carboxylic acids is 2. The smallest absolute Gasteiger partial charge is 0.252 e. The van der Waals surface area contributed by atoms with Gasteiger partial charge in [0.15, 0.2) is 0 Å². The van der Waals surface area contributed by atoms with Crippen LogP contribution in [0.15, 0.2) is 59.1 Å². The highest BCUT2D eigenvalue weighted by atomic mass is 79.9. The summed E-state index contributed by atoms with van der Waals surface area (Å²) in [6.07, 6.45) is -0.435. The lowest BCUT2D eigenvalue weighted by Crippen LogP contribution is -2.22. The van der Waals surface area contributed by atoms with Gasteiger partial charge in [0.05, 0.1) is 18.1 Å². The minimum absolute atomic E-state index is 0.276. The molecule has 8 heteroatoms. The topological polar surface area (TPSA) is 78.4 Å². The van der Waals surface area contributed by atoms with Crippen LogP contribution in [0.5, 0.6) is 0 Å². The molecular weight excluding hydrogens is 499 g/mol. The molecule has 0 fully saturated rings. The van der Waals surface area contributed by atoms with Gasteiger partial charge in [0.2, 0.25) is 5.91 Å². The number of benzene rings is 3. The molecule has 3 atom stereocenters. The Labute approximate surface area is 196 Å². The highest BCUT2D eigenvalue weighted by Crippen LogP contribution is 2.43. The van der Waals surface area contributed by atoms with Crippen LogP contribution < -0.4 is 10.6 Å². The predicted octanol–water partition coefficient (Wildman–Crippen LogP) is 5.23. The van der Waals surface area contributed by atoms with Crippen LogP contribution in [0.4, 0.5) is 10.1 Å². The first-order valence-corrected chi connectivity index (χ1v) is 11.2. The van der Waals surface area contributed by atoms with Gasteiger partial charge in [-0.05, 0) is 47.9 Å². The molecule has 2 amide bonds. The number of aliphatic hydroxyl groups is 1. The summed E-state index contributed by atoms with van der Waals surface area (Å²) in [6, 6.07) is 13.9. The number of fused-ring (bicyclic) bond motifs is 2. The number of aliphatic hydroxyl groups excluding tert-OH is 1. The maximum atomic E-state index is 14.0. The summed E-state index contributed by atoms with van der Waals surface area (Å²) >= 11 is 9.71. The number of anilines is 1. The quantitative estimate of drug-likeness (QED) is 0.447. The minimum atomic E-state index is -0.717. The Bertz CT molecular complexity index is 1280. The fraction of sp³-hybridized carbons (Fsp3) is 0.167. The summed E-state index contributed by atoms with van der Waals surface area (Å²) in [6.45, 7) is 0. The second-order valence-corrected chi connectivity index (χ2v) is 9.23. The fourth-order valence-corrected chi connectivity index (χ4v) is 5.23. The van der Waals surface area contributed by atoms with Crippen molar-refractivity contribution in [2.75, 3.05) is 5.32 Å². The molecule has 3 aromatic rings. The summed E-state index contributed by atoms with van der Waals surface area (Å²) in [5.41, 5.74) is 3.23. The van der Waals surface area contributed by atoms with Gasteiger partial charge in [0.1, 0.15) is 5.82 Å².